The van der Waals surface area contributed by atoms with Crippen LogP contribution in [0.1, 0.15) is 24.2 Å². The minimum Gasteiger partial charge on any atom is -0.497 e. The molecule has 0 spiro atoms. The third-order valence-electron chi connectivity index (χ3n) is 6.91. The number of methoxy groups -OCH3 is 2. The van der Waals surface area contributed by atoms with E-state index in [1.54, 1.807) is 43.4 Å². The summed E-state index contributed by atoms with van der Waals surface area (Å²) in [4.78, 5) is 32.6. The zero-order valence-corrected chi connectivity index (χ0v) is 23.1. The molecule has 0 radical (unpaired) electrons. The summed E-state index contributed by atoms with van der Waals surface area (Å²) in [7, 11) is 3.26. The molecule has 1 heterocycles. The second-order valence-corrected chi connectivity index (χ2v) is 9.17. The molecule has 9 nitrogen and oxygen atoms in total. The Morgan fingerprint density at radius 1 is 0.769 bits per heavy atom. The van der Waals surface area contributed by atoms with Crippen molar-refractivity contribution in [2.24, 2.45) is 0 Å². The number of rotatable bonds is 9. The summed E-state index contributed by atoms with van der Waals surface area (Å²) in [6, 6.07) is 20.3. The minimum absolute atomic E-state index is 0.0565. The quantitative estimate of drug-likeness (QED) is 0.397. The van der Waals surface area contributed by atoms with E-state index in [-0.39, 0.29) is 5.91 Å². The highest BCUT2D eigenvalue weighted by molar-refractivity contribution is 6.04. The van der Waals surface area contributed by atoms with Gasteiger partial charge in [-0.15, -0.1) is 0 Å². The fourth-order valence-electron chi connectivity index (χ4n) is 4.82. The zero-order chi connectivity index (χ0) is 27.8. The second kappa shape index (κ2) is 12.9. The smallest absolute Gasteiger partial charge is 0.323 e. The molecule has 3 aromatic carbocycles. The maximum atomic E-state index is 13.6. The summed E-state index contributed by atoms with van der Waals surface area (Å²) in [5.41, 5.74) is 3.66. The number of ether oxygens (including phenoxy) is 2. The first kappa shape index (κ1) is 27.6. The van der Waals surface area contributed by atoms with E-state index >= 15 is 0 Å². The van der Waals surface area contributed by atoms with Gasteiger partial charge in [0.2, 0.25) is 0 Å². The lowest BCUT2D eigenvalue weighted by Crippen LogP contribution is -2.47. The number of urea groups is 1. The van der Waals surface area contributed by atoms with E-state index in [0.29, 0.717) is 35.8 Å². The molecule has 3 amide bonds. The monoisotopic (exact) mass is 531 g/mol. The van der Waals surface area contributed by atoms with Crippen LogP contribution in [0.25, 0.3) is 0 Å². The molecule has 0 aromatic heterocycles. The molecule has 0 unspecified atom stereocenters. The molecule has 1 fully saturated rings. The number of nitrogens with zero attached hydrogens (tertiary/aromatic N) is 3. The number of piperazine rings is 1. The van der Waals surface area contributed by atoms with Gasteiger partial charge in [-0.05, 0) is 56.3 Å². The molecule has 39 heavy (non-hydrogen) atoms. The van der Waals surface area contributed by atoms with Crippen LogP contribution in [0.4, 0.5) is 27.5 Å². The molecular weight excluding hydrogens is 494 g/mol. The van der Waals surface area contributed by atoms with Gasteiger partial charge >= 0.3 is 6.03 Å². The Hall–Kier alpha value is -4.40. The number of carbonyl (C=O) groups is 2. The number of benzene rings is 3. The van der Waals surface area contributed by atoms with E-state index in [1.165, 1.54) is 0 Å². The number of amides is 3. The topological polar surface area (TPSA) is 86.4 Å². The van der Waals surface area contributed by atoms with Crippen LogP contribution in [0.2, 0.25) is 0 Å². The van der Waals surface area contributed by atoms with E-state index in [1.807, 2.05) is 50.2 Å². The van der Waals surface area contributed by atoms with E-state index in [9.17, 15) is 9.59 Å². The van der Waals surface area contributed by atoms with Crippen molar-refractivity contribution in [3.05, 3.63) is 72.3 Å². The van der Waals surface area contributed by atoms with Crippen molar-refractivity contribution in [1.82, 2.24) is 4.90 Å². The summed E-state index contributed by atoms with van der Waals surface area (Å²) in [6.45, 7) is 8.23. The molecule has 4 rings (SSSR count). The minimum atomic E-state index is -0.400. The molecule has 2 N–H and O–H groups in total. The van der Waals surface area contributed by atoms with Crippen molar-refractivity contribution in [1.29, 1.82) is 0 Å². The maximum absolute atomic E-state index is 13.6. The van der Waals surface area contributed by atoms with Crippen LogP contribution in [-0.2, 0) is 0 Å². The lowest BCUT2D eigenvalue weighted by molar-refractivity contribution is 0.0773. The predicted octanol–water partition coefficient (Wildman–Crippen LogP) is 5.16. The van der Waals surface area contributed by atoms with E-state index in [0.717, 1.165) is 43.3 Å². The number of anilines is 4. The van der Waals surface area contributed by atoms with Crippen molar-refractivity contribution in [3.63, 3.8) is 0 Å². The van der Waals surface area contributed by atoms with Crippen molar-refractivity contribution in [3.8, 4) is 11.5 Å². The molecule has 0 atom stereocenters. The van der Waals surface area contributed by atoms with Gasteiger partial charge in [0.1, 0.15) is 11.5 Å². The van der Waals surface area contributed by atoms with Gasteiger partial charge in [-0.2, -0.15) is 0 Å². The lowest BCUT2D eigenvalue weighted by Gasteiger charge is -2.38. The molecule has 1 aliphatic rings. The van der Waals surface area contributed by atoms with E-state index in [4.69, 9.17) is 9.47 Å². The first-order valence-electron chi connectivity index (χ1n) is 13.3. The molecule has 206 valence electrons. The molecule has 0 saturated carbocycles. The maximum Gasteiger partial charge on any atom is 0.323 e. The third kappa shape index (κ3) is 6.54. The van der Waals surface area contributed by atoms with Gasteiger partial charge < -0.3 is 34.8 Å². The Morgan fingerprint density at radius 3 is 2.05 bits per heavy atom. The van der Waals surface area contributed by atoms with Gasteiger partial charge in [-0.25, -0.2) is 4.79 Å². The Morgan fingerprint density at radius 2 is 1.41 bits per heavy atom. The Labute approximate surface area is 230 Å². The Bertz CT molecular complexity index is 1290. The Balaban J connectivity index is 1.53. The average molecular weight is 532 g/mol. The van der Waals surface area contributed by atoms with Crippen molar-refractivity contribution < 1.29 is 19.1 Å². The van der Waals surface area contributed by atoms with Crippen LogP contribution in [0.3, 0.4) is 0 Å². The van der Waals surface area contributed by atoms with Crippen molar-refractivity contribution >= 4 is 34.7 Å². The molecular formula is C30H37N5O4. The molecule has 3 aromatic rings. The number of hydrogen-bond donors (Lipinski definition) is 2. The highest BCUT2D eigenvalue weighted by Gasteiger charge is 2.25. The highest BCUT2D eigenvalue weighted by Crippen LogP contribution is 2.31. The number of para-hydroxylation sites is 2. The zero-order valence-electron chi connectivity index (χ0n) is 23.1. The van der Waals surface area contributed by atoms with Crippen LogP contribution < -0.4 is 29.9 Å². The van der Waals surface area contributed by atoms with Gasteiger partial charge in [0.25, 0.3) is 5.91 Å². The largest absolute Gasteiger partial charge is 0.497 e. The molecule has 0 aliphatic carbocycles. The lowest BCUT2D eigenvalue weighted by atomic mass is 10.1. The van der Waals surface area contributed by atoms with Gasteiger partial charge in [-0.3, -0.25) is 4.79 Å². The number of carbonyl (C=O) groups excluding carboxylic acids is 2. The first-order chi connectivity index (χ1) is 19.0. The fourth-order valence-corrected chi connectivity index (χ4v) is 4.82. The highest BCUT2D eigenvalue weighted by atomic mass is 16.5. The normalized spacial score (nSPS) is 13.0. The van der Waals surface area contributed by atoms with Gasteiger partial charge in [0.05, 0.1) is 25.5 Å². The summed E-state index contributed by atoms with van der Waals surface area (Å²) in [6.07, 6.45) is 0. The van der Waals surface area contributed by atoms with Crippen LogP contribution in [-0.4, -0.2) is 70.3 Å². The van der Waals surface area contributed by atoms with Crippen molar-refractivity contribution in [2.75, 3.05) is 73.9 Å². The number of hydrogen-bond acceptors (Lipinski definition) is 6. The van der Waals surface area contributed by atoms with Crippen LogP contribution >= 0.6 is 0 Å². The average Bonchev–Trinajstić information content (AvgIpc) is 2.97. The van der Waals surface area contributed by atoms with E-state index < -0.39 is 6.03 Å². The van der Waals surface area contributed by atoms with Crippen LogP contribution in [0.15, 0.2) is 66.7 Å². The Kier molecular flexibility index (Phi) is 9.14. The third-order valence-corrected chi connectivity index (χ3v) is 6.91. The van der Waals surface area contributed by atoms with Crippen LogP contribution in [0, 0.1) is 0 Å². The van der Waals surface area contributed by atoms with E-state index in [2.05, 4.69) is 26.5 Å². The summed E-state index contributed by atoms with van der Waals surface area (Å²) in [5, 5.41) is 5.68. The van der Waals surface area contributed by atoms with Crippen LogP contribution in [0.5, 0.6) is 11.5 Å². The summed E-state index contributed by atoms with van der Waals surface area (Å²) in [5.74, 6) is 1.44. The fraction of sp³-hybridized carbons (Fsp3) is 0.333. The first-order valence-corrected chi connectivity index (χ1v) is 13.3. The molecule has 1 aliphatic heterocycles. The molecule has 1 saturated heterocycles. The van der Waals surface area contributed by atoms with Gasteiger partial charge in [0, 0.05) is 62.4 Å². The number of nitrogens with one attached hydrogen (secondary N) is 2. The predicted molar refractivity (Wildman–Crippen MR) is 157 cm³/mol. The van der Waals surface area contributed by atoms with Crippen molar-refractivity contribution in [2.45, 2.75) is 13.8 Å². The molecule has 9 heteroatoms. The second-order valence-electron chi connectivity index (χ2n) is 9.17. The summed E-state index contributed by atoms with van der Waals surface area (Å²) < 4.78 is 10.8. The molecule has 0 bridgehead atoms. The van der Waals surface area contributed by atoms with Gasteiger partial charge in [0.15, 0.2) is 0 Å². The summed E-state index contributed by atoms with van der Waals surface area (Å²) >= 11 is 0. The standard InChI is InChI=1S/C30H37N5O4/c1-5-33(6-2)29(36)25-21-23(32-30(37)31-22-10-9-11-24(20-22)38-3)14-15-26(25)34-16-18-35(19-17-34)27-12-7-8-13-28(27)39-4/h7-15,20-21H,5-6,16-19H2,1-4H3,(H2,31,32,37). The van der Waals surface area contributed by atoms with Gasteiger partial charge in [-0.1, -0.05) is 18.2 Å². The SMILES string of the molecule is CCN(CC)C(=O)c1cc(NC(=O)Nc2cccc(OC)c2)ccc1N1CCN(c2ccccc2OC)CC1.